The van der Waals surface area contributed by atoms with E-state index in [0.717, 1.165) is 61.8 Å². The van der Waals surface area contributed by atoms with Gasteiger partial charge in [0, 0.05) is 43.2 Å². The van der Waals surface area contributed by atoms with Crippen molar-refractivity contribution in [1.29, 1.82) is 0 Å². The molecule has 3 heterocycles. The zero-order chi connectivity index (χ0) is 23.1. The number of nitrogens with zero attached hydrogens (tertiary/aromatic N) is 4. The number of piperazine rings is 1. The zero-order valence-electron chi connectivity index (χ0n) is 19.4. The van der Waals surface area contributed by atoms with E-state index in [-0.39, 0.29) is 5.91 Å². The summed E-state index contributed by atoms with van der Waals surface area (Å²) < 4.78 is 2.08. The fourth-order valence-electron chi connectivity index (χ4n) is 5.18. The van der Waals surface area contributed by atoms with Crippen LogP contribution in [-0.4, -0.2) is 51.7 Å². The van der Waals surface area contributed by atoms with Crippen molar-refractivity contribution in [3.63, 3.8) is 0 Å². The van der Waals surface area contributed by atoms with Crippen LogP contribution in [0, 0.1) is 6.92 Å². The number of thiophene rings is 1. The molecule has 0 atom stereocenters. The van der Waals surface area contributed by atoms with Crippen LogP contribution in [0.15, 0.2) is 66.7 Å². The molecule has 4 aromatic rings. The minimum Gasteiger partial charge on any atom is -0.335 e. The smallest absolute Gasteiger partial charge is 0.264 e. The summed E-state index contributed by atoms with van der Waals surface area (Å²) in [5.74, 6) is 0.174. The van der Waals surface area contributed by atoms with E-state index in [1.165, 1.54) is 27.3 Å². The van der Waals surface area contributed by atoms with Gasteiger partial charge < -0.3 is 4.90 Å². The summed E-state index contributed by atoms with van der Waals surface area (Å²) in [5.41, 5.74) is 7.23. The summed E-state index contributed by atoms with van der Waals surface area (Å²) >= 11 is 1.65. The van der Waals surface area contributed by atoms with Gasteiger partial charge in [-0.1, -0.05) is 48.5 Å². The number of para-hydroxylation sites is 1. The van der Waals surface area contributed by atoms with Gasteiger partial charge in [0.2, 0.25) is 0 Å². The number of amides is 1. The lowest BCUT2D eigenvalue weighted by molar-refractivity contribution is 0.0633. The number of hydrogen-bond donors (Lipinski definition) is 0. The molecule has 34 heavy (non-hydrogen) atoms. The number of benzene rings is 2. The van der Waals surface area contributed by atoms with Crippen LogP contribution in [0.1, 0.15) is 32.2 Å². The predicted octanol–water partition coefficient (Wildman–Crippen LogP) is 4.97. The Labute approximate surface area is 204 Å². The first-order valence-electron chi connectivity index (χ1n) is 12.0. The standard InChI is InChI=1S/C28H28N4OS/c1-20-26-24(32(29-20)23-10-6-3-7-11-23)13-12-22-18-25(34-27(22)26)28(33)31-16-14-30(15-17-31)19-21-8-4-2-5-9-21/h2-11,18H,12-17,19H2,1H3. The van der Waals surface area contributed by atoms with Crippen LogP contribution in [0.2, 0.25) is 0 Å². The molecule has 1 aliphatic heterocycles. The van der Waals surface area contributed by atoms with Crippen molar-refractivity contribution in [2.75, 3.05) is 26.2 Å². The predicted molar refractivity (Wildman–Crippen MR) is 137 cm³/mol. The average Bonchev–Trinajstić information content (AvgIpc) is 3.46. The van der Waals surface area contributed by atoms with Crippen molar-refractivity contribution >= 4 is 17.2 Å². The highest BCUT2D eigenvalue weighted by Crippen LogP contribution is 2.42. The molecule has 0 unspecified atom stereocenters. The highest BCUT2D eigenvalue weighted by molar-refractivity contribution is 7.17. The third kappa shape index (κ3) is 3.87. The van der Waals surface area contributed by atoms with Crippen LogP contribution in [0.4, 0.5) is 0 Å². The van der Waals surface area contributed by atoms with Gasteiger partial charge in [-0.3, -0.25) is 9.69 Å². The summed E-state index contributed by atoms with van der Waals surface area (Å²) in [6.07, 6.45) is 1.90. The van der Waals surface area contributed by atoms with E-state index < -0.39 is 0 Å². The summed E-state index contributed by atoms with van der Waals surface area (Å²) in [6.45, 7) is 6.43. The Morgan fingerprint density at radius 1 is 0.941 bits per heavy atom. The molecule has 0 saturated carbocycles. The number of aryl methyl sites for hydroxylation is 2. The topological polar surface area (TPSA) is 41.4 Å². The average molecular weight is 469 g/mol. The van der Waals surface area contributed by atoms with Crippen LogP contribution < -0.4 is 0 Å². The van der Waals surface area contributed by atoms with Crippen molar-refractivity contribution in [3.05, 3.63) is 94.1 Å². The first-order valence-corrected chi connectivity index (χ1v) is 12.8. The van der Waals surface area contributed by atoms with Crippen LogP contribution in [0.3, 0.4) is 0 Å². The second-order valence-electron chi connectivity index (χ2n) is 9.17. The number of carbonyl (C=O) groups is 1. The summed E-state index contributed by atoms with van der Waals surface area (Å²) in [6, 6.07) is 23.0. The molecule has 1 fully saturated rings. The Bertz CT molecular complexity index is 1320. The lowest BCUT2D eigenvalue weighted by Crippen LogP contribution is -2.48. The van der Waals surface area contributed by atoms with Crippen molar-refractivity contribution < 1.29 is 4.79 Å². The fourth-order valence-corrected chi connectivity index (χ4v) is 6.47. The van der Waals surface area contributed by atoms with Gasteiger partial charge in [0.25, 0.3) is 5.91 Å². The lowest BCUT2D eigenvalue weighted by Gasteiger charge is -2.34. The molecule has 5 nitrogen and oxygen atoms in total. The second kappa shape index (κ2) is 8.85. The van der Waals surface area contributed by atoms with Gasteiger partial charge in [-0.25, -0.2) is 4.68 Å². The van der Waals surface area contributed by atoms with Crippen LogP contribution >= 0.6 is 11.3 Å². The van der Waals surface area contributed by atoms with Gasteiger partial charge in [-0.2, -0.15) is 5.10 Å². The van der Waals surface area contributed by atoms with Crippen LogP contribution in [0.5, 0.6) is 0 Å². The van der Waals surface area contributed by atoms with Crippen molar-refractivity contribution in [1.82, 2.24) is 19.6 Å². The number of rotatable bonds is 4. The van der Waals surface area contributed by atoms with E-state index in [1.54, 1.807) is 11.3 Å². The van der Waals surface area contributed by atoms with Crippen LogP contribution in [-0.2, 0) is 19.4 Å². The number of fused-ring (bicyclic) bond motifs is 3. The maximum atomic E-state index is 13.4. The van der Waals surface area contributed by atoms with E-state index in [2.05, 4.69) is 77.2 Å². The van der Waals surface area contributed by atoms with Crippen LogP contribution in [0.25, 0.3) is 16.1 Å². The molecule has 2 aromatic carbocycles. The van der Waals surface area contributed by atoms with Gasteiger partial charge in [0.05, 0.1) is 22.0 Å². The van der Waals surface area contributed by atoms with E-state index in [0.29, 0.717) is 0 Å². The third-order valence-electron chi connectivity index (χ3n) is 6.94. The molecule has 1 aliphatic carbocycles. The molecule has 6 heteroatoms. The lowest BCUT2D eigenvalue weighted by atomic mass is 9.95. The van der Waals surface area contributed by atoms with Gasteiger partial charge >= 0.3 is 0 Å². The minimum absolute atomic E-state index is 0.174. The van der Waals surface area contributed by atoms with Gasteiger partial charge in [-0.15, -0.1) is 11.3 Å². The molecule has 0 radical (unpaired) electrons. The van der Waals surface area contributed by atoms with E-state index >= 15 is 0 Å². The van der Waals surface area contributed by atoms with Crippen molar-refractivity contribution in [2.45, 2.75) is 26.3 Å². The molecule has 0 spiro atoms. The SMILES string of the molecule is Cc1nn(-c2ccccc2)c2c1-c1sc(C(=O)N3CCN(Cc4ccccc4)CC3)cc1CC2. The van der Waals surface area contributed by atoms with Gasteiger partial charge in [0.15, 0.2) is 0 Å². The fraction of sp³-hybridized carbons (Fsp3) is 0.286. The molecule has 1 saturated heterocycles. The first kappa shape index (κ1) is 21.3. The Morgan fingerprint density at radius 2 is 1.65 bits per heavy atom. The highest BCUT2D eigenvalue weighted by atomic mass is 32.1. The number of aromatic nitrogens is 2. The summed E-state index contributed by atoms with van der Waals surface area (Å²) in [5, 5.41) is 4.87. The Kier molecular flexibility index (Phi) is 5.55. The van der Waals surface area contributed by atoms with Crippen molar-refractivity contribution in [3.8, 4) is 16.1 Å². The molecule has 2 aromatic heterocycles. The molecule has 0 bridgehead atoms. The minimum atomic E-state index is 0.174. The Morgan fingerprint density at radius 3 is 2.38 bits per heavy atom. The summed E-state index contributed by atoms with van der Waals surface area (Å²) in [7, 11) is 0. The van der Waals surface area contributed by atoms with Gasteiger partial charge in [0.1, 0.15) is 0 Å². The maximum absolute atomic E-state index is 13.4. The number of hydrogen-bond acceptors (Lipinski definition) is 4. The highest BCUT2D eigenvalue weighted by Gasteiger charge is 2.29. The molecular weight excluding hydrogens is 440 g/mol. The number of carbonyl (C=O) groups excluding carboxylic acids is 1. The van der Waals surface area contributed by atoms with Gasteiger partial charge in [-0.05, 0) is 49.1 Å². The van der Waals surface area contributed by atoms with E-state index in [1.807, 2.05) is 11.0 Å². The Hall–Kier alpha value is -3.22. The molecule has 1 amide bonds. The molecule has 6 rings (SSSR count). The quantitative estimate of drug-likeness (QED) is 0.425. The van der Waals surface area contributed by atoms with E-state index in [4.69, 9.17) is 5.10 Å². The molecule has 2 aliphatic rings. The monoisotopic (exact) mass is 468 g/mol. The normalized spacial score (nSPS) is 15.7. The Balaban J connectivity index is 1.20. The largest absolute Gasteiger partial charge is 0.335 e. The molecule has 0 N–H and O–H groups in total. The molecular formula is C28H28N4OS. The second-order valence-corrected chi connectivity index (χ2v) is 10.2. The maximum Gasteiger partial charge on any atom is 0.264 e. The first-order chi connectivity index (χ1) is 16.7. The zero-order valence-corrected chi connectivity index (χ0v) is 20.2. The van der Waals surface area contributed by atoms with E-state index in [9.17, 15) is 4.79 Å². The molecule has 172 valence electrons. The van der Waals surface area contributed by atoms with Crippen molar-refractivity contribution in [2.24, 2.45) is 0 Å². The third-order valence-corrected chi connectivity index (χ3v) is 8.13. The summed E-state index contributed by atoms with van der Waals surface area (Å²) in [4.78, 5) is 20.0.